The van der Waals surface area contributed by atoms with E-state index in [-0.39, 0.29) is 17.2 Å². The molecule has 13 nitrogen and oxygen atoms in total. The van der Waals surface area contributed by atoms with Crippen LogP contribution in [0.1, 0.15) is 30.6 Å². The molecule has 0 saturated carbocycles. The van der Waals surface area contributed by atoms with Crippen LogP contribution in [0, 0.1) is 5.92 Å². The van der Waals surface area contributed by atoms with Gasteiger partial charge in [0.1, 0.15) is 17.2 Å². The van der Waals surface area contributed by atoms with Gasteiger partial charge in [-0.3, -0.25) is 19.6 Å². The molecule has 4 heterocycles. The Kier molecular flexibility index (Phi) is 9.49. The van der Waals surface area contributed by atoms with Gasteiger partial charge in [-0.05, 0) is 36.6 Å². The van der Waals surface area contributed by atoms with E-state index in [1.807, 2.05) is 30.5 Å². The molecule has 0 unspecified atom stereocenters. The fourth-order valence-electron chi connectivity index (χ4n) is 4.85. The Labute approximate surface area is 244 Å². The molecule has 1 fully saturated rings. The molecule has 3 amide bonds. The molecule has 3 aromatic rings. The van der Waals surface area contributed by atoms with E-state index in [9.17, 15) is 9.59 Å². The predicted octanol–water partition coefficient (Wildman–Crippen LogP) is 2.49. The smallest absolute Gasteiger partial charge is 0.320 e. The average Bonchev–Trinajstić information content (AvgIpc) is 3.50. The van der Waals surface area contributed by atoms with E-state index < -0.39 is 5.91 Å². The van der Waals surface area contributed by atoms with Gasteiger partial charge in [0.25, 0.3) is 5.91 Å². The number of aromatic nitrogens is 3. The number of carbonyl (C=O) groups is 2. The number of urea groups is 1. The summed E-state index contributed by atoms with van der Waals surface area (Å²) in [6.07, 6.45) is 2.26. The molecule has 2 aromatic heterocycles. The van der Waals surface area contributed by atoms with E-state index >= 15 is 0 Å². The molecule has 0 spiro atoms. The van der Waals surface area contributed by atoms with Crippen molar-refractivity contribution in [2.75, 3.05) is 70.3 Å². The first-order chi connectivity index (χ1) is 20.4. The third-order valence-electron chi connectivity index (χ3n) is 7.01. The van der Waals surface area contributed by atoms with Crippen LogP contribution in [0.25, 0.3) is 10.9 Å². The molecule has 3 N–H and O–H groups in total. The topological polar surface area (TPSA) is 144 Å². The number of benzene rings is 1. The van der Waals surface area contributed by atoms with E-state index in [1.54, 1.807) is 19.2 Å². The van der Waals surface area contributed by atoms with Crippen molar-refractivity contribution >= 4 is 34.5 Å². The maximum Gasteiger partial charge on any atom is 0.320 e. The van der Waals surface area contributed by atoms with Gasteiger partial charge in [-0.2, -0.15) is 4.99 Å². The maximum atomic E-state index is 13.1. The molecule has 13 heteroatoms. The molecule has 0 radical (unpaired) electrons. The van der Waals surface area contributed by atoms with Gasteiger partial charge in [-0.1, -0.05) is 13.8 Å². The Hall–Kier alpha value is -4.23. The van der Waals surface area contributed by atoms with Gasteiger partial charge < -0.3 is 24.8 Å². The average molecular weight is 579 g/mol. The number of hydrogen-bond donors (Lipinski definition) is 3. The molecule has 42 heavy (non-hydrogen) atoms. The van der Waals surface area contributed by atoms with Crippen molar-refractivity contribution < 1.29 is 23.8 Å². The standard InChI is InChI=1S/C29H38N8O5/c1-19(2)17-32-29(39)33-23-8-5-20(18-31-23)27(38)35-28-34-24-21(26-30-9-11-37(26)28)6-7-22(25(24)40-3)42-14-4-10-36-12-15-41-16-13-36/h5-8,18-19,30H,4,9-17H2,1-3H3,(H2,31,32,33,39). The van der Waals surface area contributed by atoms with E-state index in [0.717, 1.165) is 50.5 Å². The Morgan fingerprint density at radius 1 is 1.17 bits per heavy atom. The largest absolute Gasteiger partial charge is 0.491 e. The number of methoxy groups -OCH3 is 1. The fraction of sp³-hybridized carbons (Fsp3) is 0.483. The van der Waals surface area contributed by atoms with Crippen molar-refractivity contribution in [3.05, 3.63) is 41.6 Å². The zero-order chi connectivity index (χ0) is 29.5. The second-order valence-electron chi connectivity index (χ2n) is 10.6. The quantitative estimate of drug-likeness (QED) is 0.309. The molecular formula is C29H38N8O5. The molecule has 0 atom stereocenters. The van der Waals surface area contributed by atoms with Crippen LogP contribution in [0.2, 0.25) is 0 Å². The zero-order valence-electron chi connectivity index (χ0n) is 24.3. The lowest BCUT2D eigenvalue weighted by Crippen LogP contribution is -2.37. The van der Waals surface area contributed by atoms with Gasteiger partial charge in [0.2, 0.25) is 5.62 Å². The summed E-state index contributed by atoms with van der Waals surface area (Å²) in [7, 11) is 1.58. The minimum atomic E-state index is -0.499. The summed E-state index contributed by atoms with van der Waals surface area (Å²) in [5, 5.41) is 9.65. The fourth-order valence-corrected chi connectivity index (χ4v) is 4.85. The number of nitrogens with zero attached hydrogens (tertiary/aromatic N) is 5. The Morgan fingerprint density at radius 2 is 2.00 bits per heavy atom. The van der Waals surface area contributed by atoms with Crippen LogP contribution in [0.5, 0.6) is 11.5 Å². The summed E-state index contributed by atoms with van der Waals surface area (Å²) in [5.41, 5.74) is 1.08. The third kappa shape index (κ3) is 6.97. The molecular weight excluding hydrogens is 540 g/mol. The number of fused-ring (bicyclic) bond motifs is 3. The molecule has 0 aliphatic carbocycles. The lowest BCUT2D eigenvalue weighted by molar-refractivity contribution is 0.0357. The molecule has 5 rings (SSSR count). The Balaban J connectivity index is 1.35. The van der Waals surface area contributed by atoms with Crippen LogP contribution < -0.4 is 31.0 Å². The lowest BCUT2D eigenvalue weighted by Gasteiger charge is -2.26. The van der Waals surface area contributed by atoms with Crippen molar-refractivity contribution in [2.45, 2.75) is 26.8 Å². The highest BCUT2D eigenvalue weighted by atomic mass is 16.5. The highest BCUT2D eigenvalue weighted by Gasteiger charge is 2.21. The predicted molar refractivity (Wildman–Crippen MR) is 158 cm³/mol. The minimum Gasteiger partial charge on any atom is -0.491 e. The zero-order valence-corrected chi connectivity index (χ0v) is 24.3. The Bertz CT molecular complexity index is 1480. The lowest BCUT2D eigenvalue weighted by atomic mass is 10.2. The van der Waals surface area contributed by atoms with Crippen LogP contribution in [0.4, 0.5) is 16.4 Å². The SMILES string of the molecule is COc1c(OCCCN2CCOCC2)ccc2c3n(c(=NC(=O)c4ccc(NC(=O)NCC(C)C)nc4)nc12)CCN3. The molecule has 0 bridgehead atoms. The van der Waals surface area contributed by atoms with Gasteiger partial charge in [0.05, 0.1) is 32.5 Å². The summed E-state index contributed by atoms with van der Waals surface area (Å²) in [6, 6.07) is 6.63. The molecule has 2 aliphatic rings. The van der Waals surface area contributed by atoms with Gasteiger partial charge in [0, 0.05) is 50.9 Å². The number of pyridine rings is 1. The second kappa shape index (κ2) is 13.6. The number of ether oxygens (including phenoxy) is 3. The van der Waals surface area contributed by atoms with E-state index in [1.165, 1.54) is 6.20 Å². The van der Waals surface area contributed by atoms with Gasteiger partial charge in [-0.15, -0.1) is 0 Å². The van der Waals surface area contributed by atoms with E-state index in [4.69, 9.17) is 19.2 Å². The van der Waals surface area contributed by atoms with Crippen LogP contribution in [-0.2, 0) is 11.3 Å². The van der Waals surface area contributed by atoms with Crippen LogP contribution in [0.3, 0.4) is 0 Å². The highest BCUT2D eigenvalue weighted by Crippen LogP contribution is 2.37. The van der Waals surface area contributed by atoms with Gasteiger partial charge in [0.15, 0.2) is 11.5 Å². The van der Waals surface area contributed by atoms with Crippen molar-refractivity contribution in [2.24, 2.45) is 10.9 Å². The first kappa shape index (κ1) is 29.3. The molecule has 1 saturated heterocycles. The highest BCUT2D eigenvalue weighted by molar-refractivity contribution is 5.97. The molecule has 2 aliphatic heterocycles. The minimum absolute atomic E-state index is 0.255. The summed E-state index contributed by atoms with van der Waals surface area (Å²) >= 11 is 0. The van der Waals surface area contributed by atoms with Crippen molar-refractivity contribution in [3.8, 4) is 11.5 Å². The monoisotopic (exact) mass is 578 g/mol. The van der Waals surface area contributed by atoms with Crippen LogP contribution in [0.15, 0.2) is 35.5 Å². The van der Waals surface area contributed by atoms with Crippen molar-refractivity contribution in [1.29, 1.82) is 0 Å². The van der Waals surface area contributed by atoms with Crippen molar-refractivity contribution in [3.63, 3.8) is 0 Å². The van der Waals surface area contributed by atoms with E-state index in [2.05, 4.69) is 30.8 Å². The van der Waals surface area contributed by atoms with E-state index in [0.29, 0.717) is 55.0 Å². The summed E-state index contributed by atoms with van der Waals surface area (Å²) in [5.74, 6) is 2.05. The number of nitrogens with one attached hydrogen (secondary N) is 3. The number of carbonyl (C=O) groups excluding carboxylic acids is 2. The third-order valence-corrected chi connectivity index (χ3v) is 7.01. The number of amides is 3. The molecule has 224 valence electrons. The number of morpholine rings is 1. The number of hydrogen-bond acceptors (Lipinski definition) is 9. The first-order valence-electron chi connectivity index (χ1n) is 14.3. The van der Waals surface area contributed by atoms with Gasteiger partial charge in [-0.25, -0.2) is 14.8 Å². The van der Waals surface area contributed by atoms with Crippen molar-refractivity contribution in [1.82, 2.24) is 24.8 Å². The number of rotatable bonds is 10. The maximum absolute atomic E-state index is 13.1. The summed E-state index contributed by atoms with van der Waals surface area (Å²) in [4.78, 5) is 40.8. The first-order valence-corrected chi connectivity index (χ1v) is 14.3. The van der Waals surface area contributed by atoms with Crippen LogP contribution in [-0.4, -0.2) is 91.0 Å². The molecule has 1 aromatic carbocycles. The number of anilines is 2. The summed E-state index contributed by atoms with van der Waals surface area (Å²) in [6.45, 7) is 10.7. The normalized spacial score (nSPS) is 15.4. The Morgan fingerprint density at radius 3 is 2.74 bits per heavy atom. The van der Waals surface area contributed by atoms with Crippen LogP contribution >= 0.6 is 0 Å². The second-order valence-corrected chi connectivity index (χ2v) is 10.6. The summed E-state index contributed by atoms with van der Waals surface area (Å²) < 4.78 is 19.2. The van der Waals surface area contributed by atoms with Gasteiger partial charge >= 0.3 is 6.03 Å².